The number of ether oxygens (including phenoxy) is 3. The van der Waals surface area contributed by atoms with E-state index in [1.165, 1.54) is 0 Å². The van der Waals surface area contributed by atoms with Crippen molar-refractivity contribution in [2.45, 2.75) is 86.9 Å². The predicted octanol–water partition coefficient (Wildman–Crippen LogP) is 1.41. The highest BCUT2D eigenvalue weighted by Crippen LogP contribution is 2.59. The van der Waals surface area contributed by atoms with Gasteiger partial charge in [-0.25, -0.2) is 0 Å². The number of nitrogens with one attached hydrogen (secondary N) is 2. The number of methoxy groups -OCH3 is 1. The number of aromatic nitrogens is 3. The second kappa shape index (κ2) is 15.2. The molecule has 1 aromatic heterocycles. The minimum absolute atomic E-state index is 0.0893. The third-order valence-electron chi connectivity index (χ3n) is 11.6. The summed E-state index contributed by atoms with van der Waals surface area (Å²) in [6, 6.07) is 22.6. The number of rotatable bonds is 11. The Morgan fingerprint density at radius 2 is 1.76 bits per heavy atom. The van der Waals surface area contributed by atoms with Crippen molar-refractivity contribution in [1.29, 1.82) is 0 Å². The number of hydrogen-bond donors (Lipinski definition) is 7. The summed E-state index contributed by atoms with van der Waals surface area (Å²) in [6.07, 6.45) is -7.06. The van der Waals surface area contributed by atoms with E-state index in [4.69, 9.17) is 14.2 Å². The van der Waals surface area contributed by atoms with E-state index < -0.39 is 56.4 Å². The SMILES string of the molecule is COc1ccc([Si](C)(C)[C@@H]2[C@@H](CCn3cc(C(CO)c4ccccc4)nn3)O[C@]3(C(=O)Nc4ccc(NC(=O)[C@H]5O[C@@H](O)[C@H](O)[C@@H](O)[C@@H]5O)cc43)[C@H]2C)cc1. The molecule has 292 valence electrons. The van der Waals surface area contributed by atoms with Gasteiger partial charge in [0.15, 0.2) is 18.0 Å². The predicted molar refractivity (Wildman–Crippen MR) is 202 cm³/mol. The van der Waals surface area contributed by atoms with Crippen LogP contribution in [0.2, 0.25) is 18.6 Å². The summed E-state index contributed by atoms with van der Waals surface area (Å²) in [5.74, 6) is -1.13. The number of benzene rings is 3. The number of hydrogen-bond acceptors (Lipinski definition) is 12. The molecule has 2 fully saturated rings. The standard InChI is InChI=1S/C39H47N5O10Si/c1-21-35(55(3,4)25-13-11-24(52-2)12-14-25)30(16-17-44-19-29(42-43-44)26(20-45)22-8-6-5-7-9-22)54-39(21)27-18-23(10-15-28(27)41-38(39)51)40-36(49)34-32(47)31(46)33(48)37(50)53-34/h5-15,18-19,21,26,30-35,37,45-48,50H,16-17,20H2,1-4H3,(H,40,49)(H,41,51)/t21-,26?,30+,31-,32-,33+,34-,35-,37+,39+/m0/s1. The molecule has 2 amide bonds. The normalized spacial score (nSPS) is 29.5. The zero-order valence-corrected chi connectivity index (χ0v) is 31.9. The van der Waals surface area contributed by atoms with Gasteiger partial charge in [-0.3, -0.25) is 14.3 Å². The lowest BCUT2D eigenvalue weighted by atomic mass is 9.82. The second-order valence-corrected chi connectivity index (χ2v) is 19.8. The van der Waals surface area contributed by atoms with Crippen molar-refractivity contribution >= 4 is 36.4 Å². The van der Waals surface area contributed by atoms with Gasteiger partial charge in [0.2, 0.25) is 0 Å². The van der Waals surface area contributed by atoms with Crippen molar-refractivity contribution < 1.29 is 49.3 Å². The number of nitrogens with zero attached hydrogens (tertiary/aromatic N) is 3. The van der Waals surface area contributed by atoms with Crippen LogP contribution in [-0.4, -0.2) is 111 Å². The molecule has 15 nitrogen and oxygen atoms in total. The summed E-state index contributed by atoms with van der Waals surface area (Å²) in [7, 11) is -0.841. The van der Waals surface area contributed by atoms with Crippen molar-refractivity contribution in [3.05, 3.63) is 95.8 Å². The number of anilines is 2. The third-order valence-corrected chi connectivity index (χ3v) is 16.0. The molecule has 1 unspecified atom stereocenters. The maximum absolute atomic E-state index is 14.2. The summed E-state index contributed by atoms with van der Waals surface area (Å²) in [4.78, 5) is 27.5. The van der Waals surface area contributed by atoms with Gasteiger partial charge in [-0.1, -0.05) is 72.9 Å². The van der Waals surface area contributed by atoms with Gasteiger partial charge in [0.1, 0.15) is 24.1 Å². The van der Waals surface area contributed by atoms with Crippen LogP contribution in [0.5, 0.6) is 5.75 Å². The first kappa shape index (κ1) is 38.7. The first-order chi connectivity index (χ1) is 26.3. The highest BCUT2D eigenvalue weighted by atomic mass is 28.3. The van der Waals surface area contributed by atoms with E-state index in [-0.39, 0.29) is 35.6 Å². The summed E-state index contributed by atoms with van der Waals surface area (Å²) in [5.41, 5.74) is 1.37. The summed E-state index contributed by atoms with van der Waals surface area (Å²) < 4.78 is 19.4. The lowest BCUT2D eigenvalue weighted by Gasteiger charge is -2.37. The minimum Gasteiger partial charge on any atom is -0.497 e. The van der Waals surface area contributed by atoms with Crippen molar-refractivity contribution in [3.8, 4) is 5.75 Å². The minimum atomic E-state index is -2.46. The Morgan fingerprint density at radius 3 is 2.45 bits per heavy atom. The van der Waals surface area contributed by atoms with Crippen LogP contribution in [0.4, 0.5) is 11.4 Å². The molecule has 2 saturated heterocycles. The fourth-order valence-corrected chi connectivity index (χ4v) is 12.7. The Morgan fingerprint density at radius 1 is 1.04 bits per heavy atom. The largest absolute Gasteiger partial charge is 0.497 e. The van der Waals surface area contributed by atoms with E-state index in [1.807, 2.05) is 55.6 Å². The van der Waals surface area contributed by atoms with Crippen molar-refractivity contribution in [3.63, 3.8) is 0 Å². The maximum Gasteiger partial charge on any atom is 0.261 e. The van der Waals surface area contributed by atoms with Gasteiger partial charge in [0.25, 0.3) is 11.8 Å². The second-order valence-electron chi connectivity index (χ2n) is 15.1. The van der Waals surface area contributed by atoms with E-state index in [2.05, 4.69) is 46.2 Å². The first-order valence-electron chi connectivity index (χ1n) is 18.3. The van der Waals surface area contributed by atoms with Crippen LogP contribution in [0.25, 0.3) is 0 Å². The molecule has 10 atom stereocenters. The van der Waals surface area contributed by atoms with Crippen molar-refractivity contribution in [1.82, 2.24) is 15.0 Å². The van der Waals surface area contributed by atoms with Crippen LogP contribution in [0, 0.1) is 5.92 Å². The van der Waals surface area contributed by atoms with Crippen molar-refractivity contribution in [2.75, 3.05) is 24.4 Å². The number of aliphatic hydroxyl groups excluding tert-OH is 5. The molecule has 0 bridgehead atoms. The van der Waals surface area contributed by atoms with Gasteiger partial charge in [-0.2, -0.15) is 0 Å². The molecule has 0 aliphatic carbocycles. The number of carbonyl (C=O) groups is 2. The highest BCUT2D eigenvalue weighted by molar-refractivity contribution is 6.91. The number of amides is 2. The molecule has 3 aliphatic rings. The van der Waals surface area contributed by atoms with Crippen molar-refractivity contribution in [2.24, 2.45) is 5.92 Å². The lowest BCUT2D eigenvalue weighted by Crippen LogP contribution is -2.60. The fraction of sp³-hybridized carbons (Fsp3) is 0.436. The van der Waals surface area contributed by atoms with Crippen LogP contribution < -0.4 is 20.6 Å². The molecule has 16 heteroatoms. The van der Waals surface area contributed by atoms with E-state index in [0.29, 0.717) is 29.9 Å². The van der Waals surface area contributed by atoms with Gasteiger partial charge < -0.3 is 50.4 Å². The molecular weight excluding hydrogens is 727 g/mol. The molecule has 4 heterocycles. The molecule has 3 aromatic carbocycles. The molecule has 55 heavy (non-hydrogen) atoms. The van der Waals surface area contributed by atoms with Crippen LogP contribution in [0.15, 0.2) is 79.0 Å². The van der Waals surface area contributed by atoms with E-state index in [0.717, 1.165) is 16.5 Å². The fourth-order valence-electron chi connectivity index (χ4n) is 8.67. The first-order valence-corrected chi connectivity index (χ1v) is 21.4. The molecular formula is C39H47N5O10Si. The lowest BCUT2D eigenvalue weighted by molar-refractivity contribution is -0.274. The van der Waals surface area contributed by atoms with E-state index in [9.17, 15) is 35.1 Å². The molecule has 7 N–H and O–H groups in total. The number of fused-ring (bicyclic) bond motifs is 2. The Balaban J connectivity index is 1.20. The average Bonchev–Trinajstić information content (AvgIpc) is 3.86. The summed E-state index contributed by atoms with van der Waals surface area (Å²) in [5, 5.41) is 66.3. The molecule has 0 saturated carbocycles. The Hall–Kier alpha value is -4.52. The Labute approximate surface area is 318 Å². The van der Waals surface area contributed by atoms with E-state index >= 15 is 0 Å². The van der Waals surface area contributed by atoms with E-state index in [1.54, 1.807) is 30.0 Å². The quantitative estimate of drug-likeness (QED) is 0.108. The number of aliphatic hydroxyl groups is 5. The average molecular weight is 774 g/mol. The topological polar surface area (TPSA) is 218 Å². The van der Waals surface area contributed by atoms with Crippen LogP contribution in [0.1, 0.15) is 36.1 Å². The summed E-state index contributed by atoms with van der Waals surface area (Å²) >= 11 is 0. The maximum atomic E-state index is 14.2. The van der Waals surface area contributed by atoms with Crippen LogP contribution in [0.3, 0.4) is 0 Å². The van der Waals surface area contributed by atoms with Gasteiger partial charge in [-0.15, -0.1) is 5.10 Å². The smallest absolute Gasteiger partial charge is 0.261 e. The Kier molecular flexibility index (Phi) is 10.7. The molecule has 3 aliphatic heterocycles. The third kappa shape index (κ3) is 6.86. The summed E-state index contributed by atoms with van der Waals surface area (Å²) in [6.45, 7) is 6.87. The molecule has 1 spiro atoms. The molecule has 7 rings (SSSR count). The van der Waals surface area contributed by atoms with Gasteiger partial charge in [0.05, 0.1) is 39.5 Å². The zero-order valence-electron chi connectivity index (χ0n) is 30.9. The highest BCUT2D eigenvalue weighted by Gasteiger charge is 2.64. The van der Waals surface area contributed by atoms with Gasteiger partial charge in [-0.05, 0) is 47.9 Å². The molecule has 4 aromatic rings. The van der Waals surface area contributed by atoms with Crippen LogP contribution in [-0.2, 0) is 31.2 Å². The zero-order chi connectivity index (χ0) is 39.2. The van der Waals surface area contributed by atoms with Gasteiger partial charge in [0, 0.05) is 35.6 Å². The Bertz CT molecular complexity index is 2020. The molecule has 0 radical (unpaired) electrons. The monoisotopic (exact) mass is 773 g/mol. The van der Waals surface area contributed by atoms with Gasteiger partial charge >= 0.3 is 0 Å². The van der Waals surface area contributed by atoms with Crippen LogP contribution >= 0.6 is 0 Å². The number of aryl methyl sites for hydroxylation is 1. The number of carbonyl (C=O) groups excluding carboxylic acids is 2.